The van der Waals surface area contributed by atoms with E-state index in [0.29, 0.717) is 38.7 Å². The molecule has 0 aromatic rings. The molecule has 0 aromatic carbocycles. The Morgan fingerprint density at radius 1 is 0.566 bits per heavy atom. The Kier molecular flexibility index (Phi) is 15.4. The third-order valence-corrected chi connectivity index (χ3v) is 22.5. The molecule has 5 saturated heterocycles. The van der Waals surface area contributed by atoms with Crippen LogP contribution < -0.4 is 0 Å². The lowest BCUT2D eigenvalue weighted by molar-refractivity contribution is -0.394. The van der Waals surface area contributed by atoms with E-state index in [9.17, 15) is 71.2 Å². The van der Waals surface area contributed by atoms with Crippen LogP contribution in [-0.2, 0) is 47.4 Å². The maximum Gasteiger partial charge on any atom is 0.309 e. The van der Waals surface area contributed by atoms with Gasteiger partial charge in [-0.05, 0) is 112 Å². The van der Waals surface area contributed by atoms with Gasteiger partial charge < -0.3 is 109 Å². The number of hydrogen-bond donors (Lipinski definition) is 13. The van der Waals surface area contributed by atoms with Gasteiger partial charge in [0.2, 0.25) is 0 Å². The van der Waals surface area contributed by atoms with E-state index in [0.717, 1.165) is 32.1 Å². The third kappa shape index (κ3) is 8.48. The van der Waals surface area contributed by atoms with Gasteiger partial charge in [-0.25, -0.2) is 0 Å². The minimum atomic E-state index is -1.90. The van der Waals surface area contributed by atoms with Crippen LogP contribution in [0.2, 0.25) is 0 Å². The largest absolute Gasteiger partial charge is 0.481 e. The minimum absolute atomic E-state index is 0.0895. The number of carboxylic acid groups (broad SMARTS) is 1. The smallest absolute Gasteiger partial charge is 0.309 e. The molecule has 13 N–H and O–H groups in total. The first-order valence-corrected chi connectivity index (χ1v) is 27.7. The molecule has 1 spiro atoms. The summed E-state index contributed by atoms with van der Waals surface area (Å²) in [6.07, 6.45) is -25.8. The number of rotatable bonds is 11. The Morgan fingerprint density at radius 3 is 1.80 bits per heavy atom. The summed E-state index contributed by atoms with van der Waals surface area (Å²) in [7, 11) is 0. The zero-order chi connectivity index (χ0) is 55.2. The zero-order valence-corrected chi connectivity index (χ0v) is 44.7. The first kappa shape index (κ1) is 57.8. The average molecular weight is 1090 g/mol. The fourth-order valence-electron chi connectivity index (χ4n) is 17.7. The molecule has 76 heavy (non-hydrogen) atoms. The van der Waals surface area contributed by atoms with Crippen molar-refractivity contribution < 1.29 is 114 Å². The van der Waals surface area contributed by atoms with E-state index in [4.69, 9.17) is 42.6 Å². The third-order valence-electron chi connectivity index (χ3n) is 22.5. The highest BCUT2D eigenvalue weighted by molar-refractivity contribution is 5.74. The Bertz CT molecular complexity index is 2100. The van der Waals surface area contributed by atoms with Gasteiger partial charge in [-0.2, -0.15) is 0 Å². The van der Waals surface area contributed by atoms with Crippen molar-refractivity contribution in [3.8, 4) is 0 Å². The van der Waals surface area contributed by atoms with Crippen LogP contribution in [0, 0.1) is 50.2 Å². The zero-order valence-electron chi connectivity index (χ0n) is 44.7. The molecule has 2 bridgehead atoms. The number of carboxylic acids is 1. The van der Waals surface area contributed by atoms with Crippen molar-refractivity contribution in [2.45, 2.75) is 247 Å². The van der Waals surface area contributed by atoms with E-state index in [1.165, 1.54) is 6.92 Å². The van der Waals surface area contributed by atoms with E-state index in [1.807, 2.05) is 6.92 Å². The summed E-state index contributed by atoms with van der Waals surface area (Å²) in [4.78, 5) is 12.8. The fourth-order valence-corrected chi connectivity index (χ4v) is 17.7. The summed E-state index contributed by atoms with van der Waals surface area (Å²) in [5, 5.41) is 142. The van der Waals surface area contributed by atoms with Crippen molar-refractivity contribution in [1.82, 2.24) is 0 Å². The molecule has 10 fully saturated rings. The van der Waals surface area contributed by atoms with Crippen molar-refractivity contribution in [2.75, 3.05) is 26.4 Å². The van der Waals surface area contributed by atoms with Crippen LogP contribution in [0.25, 0.3) is 0 Å². The van der Waals surface area contributed by atoms with Crippen molar-refractivity contribution in [3.63, 3.8) is 0 Å². The summed E-state index contributed by atoms with van der Waals surface area (Å²) >= 11 is 0. The second-order valence-electron chi connectivity index (χ2n) is 26.3. The van der Waals surface area contributed by atoms with Crippen molar-refractivity contribution >= 4 is 5.97 Å². The topological polar surface area (TPSA) is 363 Å². The first-order valence-electron chi connectivity index (χ1n) is 27.7. The number of aliphatic hydroxyl groups is 12. The van der Waals surface area contributed by atoms with Crippen LogP contribution in [0.4, 0.5) is 0 Å². The maximum absolute atomic E-state index is 12.8. The number of ether oxygens (including phenoxy) is 9. The van der Waals surface area contributed by atoms with Gasteiger partial charge in [0.15, 0.2) is 25.2 Å². The van der Waals surface area contributed by atoms with E-state index < -0.39 is 182 Å². The molecule has 10 aliphatic rings. The summed E-state index contributed by atoms with van der Waals surface area (Å²) in [5.74, 6) is -0.605. The van der Waals surface area contributed by atoms with Gasteiger partial charge in [0, 0.05) is 10.8 Å². The number of aliphatic carboxylic acids is 1. The number of fused-ring (bicyclic) bond motifs is 4. The Labute approximate surface area is 442 Å². The van der Waals surface area contributed by atoms with Crippen LogP contribution in [0.3, 0.4) is 0 Å². The van der Waals surface area contributed by atoms with Crippen molar-refractivity contribution in [2.24, 2.45) is 50.2 Å². The molecular weight excluding hydrogens is 1000 g/mol. The standard InChI is InChI=1S/C53H86O23/c1-22-31(57)35(61)38(64)42(70-22)76-41-37(63)33(59)24(19-55)72-45(41)73-25-20-68-44(40(34(25)60)75-43-39(65)36(62)32(58)23(18-54)71-43)74-30-10-11-49(5)26(47(30,2)3)8-12-50(6)27(49)9-13-53-28-16-48(4,46(66)67)14-15-52(28,21-69-53)29(56)17-51(50,53)7/h22-45,54-65H,8-21H2,1-7H3,(H,66,67)/t22-,23+,24+,25-,26-,27+,28+,29+,30-,31-,32+,33+,34-,35+,36-,37-,38+,39+,40+,41+,42-,43-,44-,45-,48-,49-,50+,51-,52+,53-/m0/s1. The molecular formula is C53H86O23. The van der Waals surface area contributed by atoms with Gasteiger partial charge in [0.1, 0.15) is 85.5 Å². The second-order valence-corrected chi connectivity index (χ2v) is 26.3. The summed E-state index contributed by atoms with van der Waals surface area (Å²) < 4.78 is 56.2. The minimum Gasteiger partial charge on any atom is -0.481 e. The lowest BCUT2D eigenvalue weighted by Gasteiger charge is -2.75. The lowest BCUT2D eigenvalue weighted by Crippen LogP contribution is -2.74. The molecule has 5 saturated carbocycles. The average Bonchev–Trinajstić information content (AvgIpc) is 3.87. The SMILES string of the molecule is C[C@@H]1O[C@@H](O[C@H]2[C@H](O[C@H]3CO[C@@H](O[C@H]4CC[C@]5(C)[C@H]6CC[C@]78OC[C@@]9(CC[C@](C)(C(=O)O)C[C@H]97)[C@H](O)C[C@@]8(C)[C@]6(C)CC[C@H]5C4(C)C)[C@H](O[C@@H]4O[C@H](CO)[C@@H](O)[C@H](O)[C@H]4O)[C@H]3O)O[C@H](CO)[C@@H](O)[C@@H]2O)[C@H](O)[C@H](O)[C@H]1O. The lowest BCUT2D eigenvalue weighted by atomic mass is 9.30. The molecule has 0 aromatic heterocycles. The van der Waals surface area contributed by atoms with Gasteiger partial charge in [0.25, 0.3) is 0 Å². The van der Waals surface area contributed by atoms with E-state index >= 15 is 0 Å². The molecule has 5 aliphatic carbocycles. The van der Waals surface area contributed by atoms with Gasteiger partial charge in [0.05, 0.1) is 55.8 Å². The molecule has 0 unspecified atom stereocenters. The molecule has 436 valence electrons. The van der Waals surface area contributed by atoms with Crippen LogP contribution in [0.1, 0.15) is 113 Å². The van der Waals surface area contributed by atoms with E-state index in [2.05, 4.69) is 34.6 Å². The molecule has 23 heteroatoms. The highest BCUT2D eigenvalue weighted by atomic mass is 16.8. The first-order chi connectivity index (χ1) is 35.6. The normalized spacial score (nSPS) is 57.9. The number of aliphatic hydroxyl groups excluding tert-OH is 12. The second kappa shape index (κ2) is 20.2. The summed E-state index contributed by atoms with van der Waals surface area (Å²) in [6, 6.07) is 0. The Balaban J connectivity index is 0.903. The highest BCUT2D eigenvalue weighted by Crippen LogP contribution is 2.80. The predicted molar refractivity (Wildman–Crippen MR) is 257 cm³/mol. The fraction of sp³-hybridized carbons (Fsp3) is 0.981. The van der Waals surface area contributed by atoms with Crippen LogP contribution >= 0.6 is 0 Å². The monoisotopic (exact) mass is 1090 g/mol. The molecule has 30 atom stereocenters. The van der Waals surface area contributed by atoms with Crippen molar-refractivity contribution in [1.29, 1.82) is 0 Å². The van der Waals surface area contributed by atoms with Gasteiger partial charge >= 0.3 is 5.97 Å². The van der Waals surface area contributed by atoms with Gasteiger partial charge in [-0.1, -0.05) is 34.6 Å². The molecule has 5 heterocycles. The summed E-state index contributed by atoms with van der Waals surface area (Å²) in [5.41, 5.74) is -3.49. The van der Waals surface area contributed by atoms with Crippen LogP contribution in [0.15, 0.2) is 0 Å². The molecule has 0 amide bonds. The van der Waals surface area contributed by atoms with Crippen molar-refractivity contribution in [3.05, 3.63) is 0 Å². The van der Waals surface area contributed by atoms with Gasteiger partial charge in [-0.15, -0.1) is 0 Å². The quantitative estimate of drug-likeness (QED) is 0.103. The number of carbonyl (C=O) groups is 1. The van der Waals surface area contributed by atoms with E-state index in [1.54, 1.807) is 0 Å². The molecule has 23 nitrogen and oxygen atoms in total. The summed E-state index contributed by atoms with van der Waals surface area (Å²) in [6.45, 7) is 13.1. The maximum atomic E-state index is 12.8. The van der Waals surface area contributed by atoms with Crippen LogP contribution in [-0.4, -0.2) is 233 Å². The predicted octanol–water partition coefficient (Wildman–Crippen LogP) is -1.62. The van der Waals surface area contributed by atoms with Crippen LogP contribution in [0.5, 0.6) is 0 Å². The highest BCUT2D eigenvalue weighted by Gasteiger charge is 2.80. The molecule has 10 rings (SSSR count). The van der Waals surface area contributed by atoms with Gasteiger partial charge in [-0.3, -0.25) is 4.79 Å². The number of hydrogen-bond acceptors (Lipinski definition) is 22. The molecule has 0 radical (unpaired) electrons. The Morgan fingerprint density at radius 2 is 1.16 bits per heavy atom. The van der Waals surface area contributed by atoms with E-state index in [-0.39, 0.29) is 28.6 Å². The molecule has 5 aliphatic heterocycles. The Hall–Kier alpha value is -1.37.